The van der Waals surface area contributed by atoms with Crippen LogP contribution in [-0.2, 0) is 0 Å². The zero-order valence-electron chi connectivity index (χ0n) is 12.0. The first kappa shape index (κ1) is 16.4. The van der Waals surface area contributed by atoms with E-state index in [4.69, 9.17) is 4.74 Å². The predicted molar refractivity (Wildman–Crippen MR) is 82.9 cm³/mol. The average Bonchev–Trinajstić information content (AvgIpc) is 2.46. The minimum absolute atomic E-state index is 0.135. The highest BCUT2D eigenvalue weighted by Crippen LogP contribution is 2.22. The third-order valence-corrected chi connectivity index (χ3v) is 3.61. The third kappa shape index (κ3) is 3.82. The number of ether oxygens (including phenoxy) is 1. The van der Waals surface area contributed by atoms with Gasteiger partial charge in [0.05, 0.1) is 13.2 Å². The van der Waals surface area contributed by atoms with Gasteiger partial charge >= 0.3 is 0 Å². The van der Waals surface area contributed by atoms with E-state index in [1.54, 1.807) is 13.0 Å². The van der Waals surface area contributed by atoms with Crippen LogP contribution in [0.2, 0.25) is 0 Å². The molecule has 6 heteroatoms. The topological polar surface area (TPSA) is 38.3 Å². The number of benzene rings is 2. The summed E-state index contributed by atoms with van der Waals surface area (Å²) in [5.74, 6) is -1.32. The van der Waals surface area contributed by atoms with E-state index in [1.165, 1.54) is 31.4 Å². The van der Waals surface area contributed by atoms with E-state index in [1.807, 2.05) is 0 Å². The number of hydrogen-bond donors (Lipinski definition) is 1. The van der Waals surface area contributed by atoms with Gasteiger partial charge in [0, 0.05) is 10.0 Å². The number of carbonyl (C=O) groups excluding carboxylic acids is 1. The van der Waals surface area contributed by atoms with Gasteiger partial charge in [0.25, 0.3) is 5.91 Å². The molecular weight excluding hydrogens is 356 g/mol. The van der Waals surface area contributed by atoms with Gasteiger partial charge < -0.3 is 10.1 Å². The van der Waals surface area contributed by atoms with Crippen molar-refractivity contribution in [1.82, 2.24) is 5.32 Å². The van der Waals surface area contributed by atoms with Crippen molar-refractivity contribution in [1.29, 1.82) is 0 Å². The second-order valence-electron chi connectivity index (χ2n) is 4.75. The molecule has 1 unspecified atom stereocenters. The lowest BCUT2D eigenvalue weighted by Gasteiger charge is -2.15. The molecule has 3 nitrogen and oxygen atoms in total. The Bertz CT molecular complexity index is 686. The molecule has 0 radical (unpaired) electrons. The first-order valence-electron chi connectivity index (χ1n) is 6.51. The molecule has 1 N–H and O–H groups in total. The first-order valence-corrected chi connectivity index (χ1v) is 7.30. The van der Waals surface area contributed by atoms with Crippen LogP contribution in [0.25, 0.3) is 0 Å². The minimum atomic E-state index is -0.511. The zero-order chi connectivity index (χ0) is 16.3. The van der Waals surface area contributed by atoms with Gasteiger partial charge in [0.15, 0.2) is 11.6 Å². The highest BCUT2D eigenvalue weighted by atomic mass is 79.9. The highest BCUT2D eigenvalue weighted by molar-refractivity contribution is 9.10. The van der Waals surface area contributed by atoms with Crippen LogP contribution in [0.3, 0.4) is 0 Å². The molecule has 1 atom stereocenters. The van der Waals surface area contributed by atoms with Crippen LogP contribution in [0.1, 0.15) is 28.9 Å². The first-order chi connectivity index (χ1) is 10.4. The van der Waals surface area contributed by atoms with Crippen LogP contribution in [0.5, 0.6) is 5.75 Å². The Morgan fingerprint density at radius 2 is 1.95 bits per heavy atom. The second kappa shape index (κ2) is 6.87. The molecule has 0 saturated carbocycles. The molecule has 1 amide bonds. The van der Waals surface area contributed by atoms with E-state index in [9.17, 15) is 13.6 Å². The van der Waals surface area contributed by atoms with Crippen LogP contribution in [0.15, 0.2) is 40.9 Å². The zero-order valence-corrected chi connectivity index (χ0v) is 13.6. The fourth-order valence-corrected chi connectivity index (χ4v) is 2.47. The lowest BCUT2D eigenvalue weighted by Crippen LogP contribution is -2.26. The van der Waals surface area contributed by atoms with E-state index in [2.05, 4.69) is 21.2 Å². The Hall–Kier alpha value is -1.95. The fourth-order valence-electron chi connectivity index (χ4n) is 2.00. The minimum Gasteiger partial charge on any atom is -0.494 e. The van der Waals surface area contributed by atoms with Gasteiger partial charge in [0.2, 0.25) is 0 Å². The standard InChI is InChI=1S/C16H14BrF2NO2/c1-9(10-3-4-15(22-2)14(19)7-10)20-16(21)11-5-12(17)8-13(18)6-11/h3-9H,1-2H3,(H,20,21). The fraction of sp³-hybridized carbons (Fsp3) is 0.188. The van der Waals surface area contributed by atoms with Crippen LogP contribution >= 0.6 is 15.9 Å². The molecule has 2 aromatic rings. The SMILES string of the molecule is COc1ccc(C(C)NC(=O)c2cc(F)cc(Br)c2)cc1F. The molecule has 0 fully saturated rings. The van der Waals surface area contributed by atoms with Crippen molar-refractivity contribution in [3.05, 3.63) is 63.6 Å². The molecule has 0 heterocycles. The maximum absolute atomic E-state index is 13.7. The predicted octanol–water partition coefficient (Wildman–Crippen LogP) is 4.23. The molecule has 2 rings (SSSR count). The van der Waals surface area contributed by atoms with Crippen molar-refractivity contribution in [3.63, 3.8) is 0 Å². The van der Waals surface area contributed by atoms with Crippen molar-refractivity contribution in [2.24, 2.45) is 0 Å². The largest absolute Gasteiger partial charge is 0.494 e. The van der Waals surface area contributed by atoms with Crippen molar-refractivity contribution in [2.75, 3.05) is 7.11 Å². The molecule has 0 saturated heterocycles. The molecular formula is C16H14BrF2NO2. The van der Waals surface area contributed by atoms with Gasteiger partial charge in [-0.2, -0.15) is 0 Å². The van der Waals surface area contributed by atoms with E-state index < -0.39 is 23.6 Å². The Morgan fingerprint density at radius 1 is 1.23 bits per heavy atom. The number of carbonyl (C=O) groups is 1. The number of hydrogen-bond acceptors (Lipinski definition) is 2. The van der Waals surface area contributed by atoms with Gasteiger partial charge in [-0.25, -0.2) is 8.78 Å². The van der Waals surface area contributed by atoms with E-state index in [0.717, 1.165) is 6.07 Å². The molecule has 0 aliphatic heterocycles. The lowest BCUT2D eigenvalue weighted by molar-refractivity contribution is 0.0939. The summed E-state index contributed by atoms with van der Waals surface area (Å²) in [6.45, 7) is 1.72. The van der Waals surface area contributed by atoms with Crippen LogP contribution in [0.4, 0.5) is 8.78 Å². The van der Waals surface area contributed by atoms with Crippen molar-refractivity contribution in [3.8, 4) is 5.75 Å². The van der Waals surface area contributed by atoms with Gasteiger partial charge in [-0.1, -0.05) is 22.0 Å². The highest BCUT2D eigenvalue weighted by Gasteiger charge is 2.14. The molecule has 116 valence electrons. The normalized spacial score (nSPS) is 11.9. The maximum atomic E-state index is 13.7. The number of amides is 1. The van der Waals surface area contributed by atoms with Crippen molar-refractivity contribution in [2.45, 2.75) is 13.0 Å². The quantitative estimate of drug-likeness (QED) is 0.875. The summed E-state index contributed by atoms with van der Waals surface area (Å²) in [5, 5.41) is 2.70. The maximum Gasteiger partial charge on any atom is 0.251 e. The smallest absolute Gasteiger partial charge is 0.251 e. The molecule has 22 heavy (non-hydrogen) atoms. The Kier molecular flexibility index (Phi) is 5.13. The van der Waals surface area contributed by atoms with Crippen LogP contribution in [0, 0.1) is 11.6 Å². The Labute approximate surface area is 135 Å². The molecule has 0 spiro atoms. The number of rotatable bonds is 4. The summed E-state index contributed by atoms with van der Waals surface area (Å²) in [6.07, 6.45) is 0. The lowest BCUT2D eigenvalue weighted by atomic mass is 10.1. The van der Waals surface area contributed by atoms with E-state index >= 15 is 0 Å². The number of halogens is 3. The molecule has 0 aliphatic carbocycles. The van der Waals surface area contributed by atoms with E-state index in [-0.39, 0.29) is 11.3 Å². The molecule has 2 aromatic carbocycles. The van der Waals surface area contributed by atoms with E-state index in [0.29, 0.717) is 10.0 Å². The number of nitrogens with one attached hydrogen (secondary N) is 1. The average molecular weight is 370 g/mol. The summed E-state index contributed by atoms with van der Waals surface area (Å²) in [4.78, 5) is 12.1. The summed E-state index contributed by atoms with van der Waals surface area (Å²) in [7, 11) is 1.38. The number of methoxy groups -OCH3 is 1. The van der Waals surface area contributed by atoms with Gasteiger partial charge in [0.1, 0.15) is 5.82 Å². The summed E-state index contributed by atoms with van der Waals surface area (Å²) in [6, 6.07) is 7.93. The van der Waals surface area contributed by atoms with Gasteiger partial charge in [-0.3, -0.25) is 4.79 Å². The summed E-state index contributed by atoms with van der Waals surface area (Å²) in [5.41, 5.74) is 0.773. The summed E-state index contributed by atoms with van der Waals surface area (Å²) >= 11 is 3.13. The molecule has 0 bridgehead atoms. The van der Waals surface area contributed by atoms with Gasteiger partial charge in [-0.15, -0.1) is 0 Å². The molecule has 0 aromatic heterocycles. The molecule has 0 aliphatic rings. The monoisotopic (exact) mass is 369 g/mol. The third-order valence-electron chi connectivity index (χ3n) is 3.15. The van der Waals surface area contributed by atoms with Crippen LogP contribution < -0.4 is 10.1 Å². The van der Waals surface area contributed by atoms with Crippen LogP contribution in [-0.4, -0.2) is 13.0 Å². The Balaban J connectivity index is 2.15. The summed E-state index contributed by atoms with van der Waals surface area (Å²) < 4.78 is 32.3. The van der Waals surface area contributed by atoms with Gasteiger partial charge in [-0.05, 0) is 42.8 Å². The Morgan fingerprint density at radius 3 is 2.55 bits per heavy atom. The second-order valence-corrected chi connectivity index (χ2v) is 5.66. The van der Waals surface area contributed by atoms with Crippen molar-refractivity contribution < 1.29 is 18.3 Å². The van der Waals surface area contributed by atoms with Crippen molar-refractivity contribution >= 4 is 21.8 Å².